The Bertz CT molecular complexity index is 952. The Balaban J connectivity index is 1.32. The van der Waals surface area contributed by atoms with E-state index in [0.29, 0.717) is 12.3 Å². The van der Waals surface area contributed by atoms with Crippen molar-refractivity contribution in [3.05, 3.63) is 66.9 Å². The van der Waals surface area contributed by atoms with E-state index >= 15 is 0 Å². The predicted molar refractivity (Wildman–Crippen MR) is 96.3 cm³/mol. The van der Waals surface area contributed by atoms with Gasteiger partial charge in [-0.3, -0.25) is 9.36 Å². The number of carbonyl (C=O) groups is 1. The molecule has 6 heteroatoms. The Labute approximate surface area is 150 Å². The Morgan fingerprint density at radius 3 is 3.00 bits per heavy atom. The van der Waals surface area contributed by atoms with Gasteiger partial charge in [0.05, 0.1) is 18.5 Å². The minimum absolute atomic E-state index is 0.0131. The number of hydrogen-bond donors (Lipinski definition) is 1. The third-order valence-electron chi connectivity index (χ3n) is 5.41. The number of pyridine rings is 1. The van der Waals surface area contributed by atoms with E-state index in [2.05, 4.69) is 21.4 Å². The van der Waals surface area contributed by atoms with E-state index in [1.165, 1.54) is 5.56 Å². The van der Waals surface area contributed by atoms with E-state index in [1.54, 1.807) is 18.7 Å². The fourth-order valence-corrected chi connectivity index (χ4v) is 3.94. The summed E-state index contributed by atoms with van der Waals surface area (Å²) in [6.07, 6.45) is 8.67. The average Bonchev–Trinajstić information content (AvgIpc) is 3.13. The van der Waals surface area contributed by atoms with Crippen LogP contribution in [-0.2, 0) is 10.2 Å². The van der Waals surface area contributed by atoms with Crippen molar-refractivity contribution in [1.29, 1.82) is 0 Å². The van der Waals surface area contributed by atoms with Crippen molar-refractivity contribution in [2.75, 3.05) is 11.9 Å². The van der Waals surface area contributed by atoms with Crippen LogP contribution in [0.1, 0.15) is 18.4 Å². The summed E-state index contributed by atoms with van der Waals surface area (Å²) in [5.74, 6) is 1.72. The van der Waals surface area contributed by atoms with Gasteiger partial charge < -0.3 is 10.1 Å². The van der Waals surface area contributed by atoms with Crippen molar-refractivity contribution in [1.82, 2.24) is 14.5 Å². The predicted octanol–water partition coefficient (Wildman–Crippen LogP) is 2.95. The molecule has 3 aromatic rings. The van der Waals surface area contributed by atoms with E-state index in [9.17, 15) is 4.79 Å². The molecule has 0 unspecified atom stereocenters. The van der Waals surface area contributed by atoms with E-state index in [0.717, 1.165) is 24.4 Å². The molecule has 1 saturated carbocycles. The van der Waals surface area contributed by atoms with Crippen molar-refractivity contribution in [3.63, 3.8) is 0 Å². The van der Waals surface area contributed by atoms with Crippen LogP contribution in [0.15, 0.2) is 61.3 Å². The Kier molecular flexibility index (Phi) is 3.31. The van der Waals surface area contributed by atoms with Gasteiger partial charge in [-0.1, -0.05) is 18.2 Å². The second-order valence-electron chi connectivity index (χ2n) is 6.87. The molecule has 1 aliphatic carbocycles. The molecule has 6 nitrogen and oxygen atoms in total. The standard InChI is InChI=1S/C20H18N4O2/c25-19(23-14-5-6-18(22-12-14)24-9-8-21-13-24)16-11-20(16)7-10-26-17-4-2-1-3-15(17)20/h1-6,8-9,12-13,16H,7,10-11H2,(H,23,25)/t16-,20-/m0/s1. The average molecular weight is 346 g/mol. The third-order valence-corrected chi connectivity index (χ3v) is 5.41. The second kappa shape index (κ2) is 5.69. The van der Waals surface area contributed by atoms with Crippen LogP contribution < -0.4 is 10.1 Å². The first-order chi connectivity index (χ1) is 12.8. The van der Waals surface area contributed by atoms with E-state index in [4.69, 9.17) is 4.74 Å². The Morgan fingerprint density at radius 1 is 1.27 bits per heavy atom. The van der Waals surface area contributed by atoms with Crippen LogP contribution in [0.4, 0.5) is 5.69 Å². The molecule has 2 aliphatic rings. The van der Waals surface area contributed by atoms with Crippen LogP contribution in [0.2, 0.25) is 0 Å². The van der Waals surface area contributed by atoms with Crippen molar-refractivity contribution in [3.8, 4) is 11.6 Å². The summed E-state index contributed by atoms with van der Waals surface area (Å²) in [4.78, 5) is 21.2. The first-order valence-corrected chi connectivity index (χ1v) is 8.74. The van der Waals surface area contributed by atoms with Crippen LogP contribution >= 0.6 is 0 Å². The van der Waals surface area contributed by atoms with Gasteiger partial charge in [0.15, 0.2) is 0 Å². The highest BCUT2D eigenvalue weighted by Gasteiger charge is 2.60. The monoisotopic (exact) mass is 346 g/mol. The molecule has 0 radical (unpaired) electrons. The summed E-state index contributed by atoms with van der Waals surface area (Å²) in [6.45, 7) is 0.669. The van der Waals surface area contributed by atoms with Crippen molar-refractivity contribution >= 4 is 11.6 Å². The molecule has 0 saturated heterocycles. The fourth-order valence-electron chi connectivity index (χ4n) is 3.94. The lowest BCUT2D eigenvalue weighted by atomic mass is 9.87. The van der Waals surface area contributed by atoms with Gasteiger partial charge in [-0.15, -0.1) is 0 Å². The number of ether oxygens (including phenoxy) is 1. The maximum Gasteiger partial charge on any atom is 0.228 e. The minimum Gasteiger partial charge on any atom is -0.493 e. The highest BCUT2D eigenvalue weighted by Crippen LogP contribution is 2.60. The summed E-state index contributed by atoms with van der Waals surface area (Å²) in [5, 5.41) is 3.01. The molecule has 1 amide bonds. The van der Waals surface area contributed by atoms with Gasteiger partial charge in [-0.2, -0.15) is 0 Å². The molecule has 2 aromatic heterocycles. The second-order valence-corrected chi connectivity index (χ2v) is 6.87. The summed E-state index contributed by atoms with van der Waals surface area (Å²) in [6, 6.07) is 11.8. The molecular formula is C20H18N4O2. The molecule has 5 rings (SSSR count). The van der Waals surface area contributed by atoms with Gasteiger partial charge in [0.25, 0.3) is 0 Å². The van der Waals surface area contributed by atoms with E-state index < -0.39 is 0 Å². The summed E-state index contributed by atoms with van der Waals surface area (Å²) in [5.41, 5.74) is 1.81. The quantitative estimate of drug-likeness (QED) is 0.792. The number of nitrogens with one attached hydrogen (secondary N) is 1. The Hall–Kier alpha value is -3.15. The number of aromatic nitrogens is 3. The van der Waals surface area contributed by atoms with Gasteiger partial charge in [-0.05, 0) is 31.0 Å². The number of para-hydroxylation sites is 1. The highest BCUT2D eigenvalue weighted by atomic mass is 16.5. The topological polar surface area (TPSA) is 69.0 Å². The number of benzene rings is 1. The van der Waals surface area contributed by atoms with Crippen molar-refractivity contribution in [2.24, 2.45) is 5.92 Å². The van der Waals surface area contributed by atoms with Gasteiger partial charge in [0.1, 0.15) is 17.9 Å². The van der Waals surface area contributed by atoms with Gasteiger partial charge >= 0.3 is 0 Å². The molecule has 1 fully saturated rings. The van der Waals surface area contributed by atoms with Crippen LogP contribution in [0, 0.1) is 5.92 Å². The number of anilines is 1. The van der Waals surface area contributed by atoms with E-state index in [-0.39, 0.29) is 17.2 Å². The zero-order valence-electron chi connectivity index (χ0n) is 14.1. The molecule has 2 atom stereocenters. The number of fused-ring (bicyclic) bond motifs is 2. The number of imidazole rings is 1. The first-order valence-electron chi connectivity index (χ1n) is 8.74. The zero-order chi connectivity index (χ0) is 17.6. The lowest BCUT2D eigenvalue weighted by Crippen LogP contribution is -2.26. The molecule has 3 heterocycles. The molecule has 1 spiro atoms. The van der Waals surface area contributed by atoms with Crippen molar-refractivity contribution < 1.29 is 9.53 Å². The number of carbonyl (C=O) groups excluding carboxylic acids is 1. The van der Waals surface area contributed by atoms with Crippen LogP contribution in [0.5, 0.6) is 5.75 Å². The lowest BCUT2D eigenvalue weighted by Gasteiger charge is -2.26. The van der Waals surface area contributed by atoms with Gasteiger partial charge in [-0.25, -0.2) is 9.97 Å². The first kappa shape index (κ1) is 15.1. The normalized spacial score (nSPS) is 23.2. The van der Waals surface area contributed by atoms with Crippen LogP contribution in [-0.4, -0.2) is 27.0 Å². The van der Waals surface area contributed by atoms with Crippen LogP contribution in [0.25, 0.3) is 5.82 Å². The number of nitrogens with zero attached hydrogens (tertiary/aromatic N) is 3. The molecule has 1 aromatic carbocycles. The van der Waals surface area contributed by atoms with Gasteiger partial charge in [0.2, 0.25) is 5.91 Å². The maximum atomic E-state index is 12.8. The molecule has 130 valence electrons. The third kappa shape index (κ3) is 2.37. The number of rotatable bonds is 3. The highest BCUT2D eigenvalue weighted by molar-refractivity contribution is 5.96. The number of amides is 1. The van der Waals surface area contributed by atoms with E-state index in [1.807, 2.05) is 41.1 Å². The minimum atomic E-state index is -0.0664. The largest absolute Gasteiger partial charge is 0.493 e. The molecule has 0 bridgehead atoms. The molecular weight excluding hydrogens is 328 g/mol. The van der Waals surface area contributed by atoms with Crippen molar-refractivity contribution in [2.45, 2.75) is 18.3 Å². The van der Waals surface area contributed by atoms with Gasteiger partial charge in [0, 0.05) is 29.3 Å². The fraction of sp³-hybridized carbons (Fsp3) is 0.250. The Morgan fingerprint density at radius 2 is 2.19 bits per heavy atom. The molecule has 1 aliphatic heterocycles. The zero-order valence-corrected chi connectivity index (χ0v) is 14.1. The molecule has 1 N–H and O–H groups in total. The summed E-state index contributed by atoms with van der Waals surface area (Å²) < 4.78 is 7.56. The SMILES string of the molecule is O=C(Nc1ccc(-n2ccnc2)nc1)[C@@H]1C[C@]12CCOc1ccccc12. The summed E-state index contributed by atoms with van der Waals surface area (Å²) >= 11 is 0. The van der Waals surface area contributed by atoms with Crippen LogP contribution in [0.3, 0.4) is 0 Å². The number of hydrogen-bond acceptors (Lipinski definition) is 4. The summed E-state index contributed by atoms with van der Waals surface area (Å²) in [7, 11) is 0. The smallest absolute Gasteiger partial charge is 0.228 e. The molecule has 26 heavy (non-hydrogen) atoms. The maximum absolute atomic E-state index is 12.8. The lowest BCUT2D eigenvalue weighted by molar-refractivity contribution is -0.117.